The van der Waals surface area contributed by atoms with Gasteiger partial charge < -0.3 is 9.79 Å². The van der Waals surface area contributed by atoms with Gasteiger partial charge in [-0.25, -0.2) is 9.13 Å². The van der Waals surface area contributed by atoms with Crippen LogP contribution in [0.1, 0.15) is 0 Å². The van der Waals surface area contributed by atoms with Gasteiger partial charge in [-0.15, -0.1) is 0 Å². The summed E-state index contributed by atoms with van der Waals surface area (Å²) >= 11 is 0. The Hall–Kier alpha value is 1.21. The predicted octanol–water partition coefficient (Wildman–Crippen LogP) is -0.346. The predicted molar refractivity (Wildman–Crippen MR) is 27.9 cm³/mol. The average Bonchev–Trinajstić information content (AvgIpc) is 1.30. The molecule has 0 spiro atoms. The second-order valence-corrected chi connectivity index (χ2v) is 2.43. The maximum atomic E-state index is 9.50. The monoisotopic (exact) mass is 168 g/mol. The molecule has 0 aromatic heterocycles. The summed E-state index contributed by atoms with van der Waals surface area (Å²) in [6, 6.07) is 0. The molecule has 0 radical (unpaired) electrons. The fraction of sp³-hybridized carbons (Fsp3) is 0. The summed E-state index contributed by atoms with van der Waals surface area (Å²) in [6.45, 7) is 0. The van der Waals surface area contributed by atoms with Crippen molar-refractivity contribution in [2.75, 3.05) is 0 Å². The van der Waals surface area contributed by atoms with Gasteiger partial charge in [0, 0.05) is 0 Å². The Balaban J connectivity index is 0. The van der Waals surface area contributed by atoms with Gasteiger partial charge in [0.1, 0.15) is 0 Å². The normalized spacial score (nSPS) is 10.8. The molecule has 0 rings (SSSR count). The summed E-state index contributed by atoms with van der Waals surface area (Å²) in [5.41, 5.74) is 0. The van der Waals surface area contributed by atoms with Gasteiger partial charge in [0.15, 0.2) is 0 Å². The zero-order valence-electron chi connectivity index (χ0n) is 3.01. The van der Waals surface area contributed by atoms with E-state index in [1.807, 2.05) is 0 Å². The van der Waals surface area contributed by atoms with Crippen LogP contribution in [0.5, 0.6) is 0 Å². The molecule has 0 aliphatic carbocycles. The second kappa shape index (κ2) is 5.03. The van der Waals surface area contributed by atoms with Gasteiger partial charge in [0.05, 0.1) is 0 Å². The topological polar surface area (TPSA) is 83.8 Å². The second-order valence-electron chi connectivity index (χ2n) is 0.647. The molecule has 0 aromatic carbocycles. The average molecular weight is 168 g/mol. The molecule has 0 saturated carbocycles. The van der Waals surface area contributed by atoms with Crippen LogP contribution < -0.4 is 0 Å². The molecule has 44 valence electrons. The Labute approximate surface area is 69.2 Å². The van der Waals surface area contributed by atoms with E-state index in [1.54, 1.807) is 0 Å². The molecule has 0 aromatic rings. The molecule has 0 unspecified atom stereocenters. The Morgan fingerprint density at radius 3 is 1.88 bits per heavy atom. The van der Waals surface area contributed by atoms with Crippen LogP contribution in [0.25, 0.3) is 0 Å². The van der Waals surface area contributed by atoms with Crippen LogP contribution in [0.4, 0.5) is 0 Å². The Kier molecular flexibility index (Phi) is 7.51. The third-order valence-corrected chi connectivity index (χ3v) is 1.26. The molecular formula is H3NaO5P2. The van der Waals surface area contributed by atoms with Gasteiger partial charge in [0.2, 0.25) is 0 Å². The third kappa shape index (κ3) is 10.2. The van der Waals surface area contributed by atoms with Crippen molar-refractivity contribution < 1.29 is 23.2 Å². The maximum absolute atomic E-state index is 9.50. The van der Waals surface area contributed by atoms with Crippen molar-refractivity contribution >= 4 is 46.1 Å². The van der Waals surface area contributed by atoms with Gasteiger partial charge in [0.25, 0.3) is 0 Å². The fourth-order valence-corrected chi connectivity index (χ4v) is 0.391. The Bertz CT molecular complexity index is 103. The summed E-state index contributed by atoms with van der Waals surface area (Å²) in [4.78, 5) is 15.4. The standard InChI is InChI=1S/Na.H2O5P2.H/c;1-6-5-7(2,3)4;/h;(H2,2,3,4);. The van der Waals surface area contributed by atoms with E-state index in [2.05, 4.69) is 4.31 Å². The van der Waals surface area contributed by atoms with Crippen LogP contribution in [0.3, 0.4) is 0 Å². The summed E-state index contributed by atoms with van der Waals surface area (Å²) in [5, 5.41) is 0. The number of hydrogen-bond acceptors (Lipinski definition) is 3. The molecule has 0 fully saturated rings. The summed E-state index contributed by atoms with van der Waals surface area (Å²) in [7, 11) is -5.49. The minimum absolute atomic E-state index is 0. The van der Waals surface area contributed by atoms with E-state index in [0.717, 1.165) is 0 Å². The van der Waals surface area contributed by atoms with Crippen molar-refractivity contribution in [1.82, 2.24) is 0 Å². The molecule has 0 amide bonds. The van der Waals surface area contributed by atoms with Crippen LogP contribution >= 0.6 is 16.5 Å². The van der Waals surface area contributed by atoms with Crippen LogP contribution in [0.15, 0.2) is 0 Å². The van der Waals surface area contributed by atoms with Gasteiger partial charge in [-0.3, -0.25) is 0 Å². The van der Waals surface area contributed by atoms with E-state index in [0.29, 0.717) is 0 Å². The van der Waals surface area contributed by atoms with E-state index in [9.17, 15) is 9.13 Å². The molecule has 0 atom stereocenters. The van der Waals surface area contributed by atoms with E-state index >= 15 is 0 Å². The summed E-state index contributed by atoms with van der Waals surface area (Å²) in [6.07, 6.45) is 0. The van der Waals surface area contributed by atoms with Crippen LogP contribution in [0.2, 0.25) is 0 Å². The van der Waals surface area contributed by atoms with Crippen molar-refractivity contribution in [1.29, 1.82) is 0 Å². The summed E-state index contributed by atoms with van der Waals surface area (Å²) < 4.78 is 22.0. The number of rotatable bonds is 2. The van der Waals surface area contributed by atoms with Gasteiger partial charge in [-0.05, 0) is 0 Å². The molecule has 8 heavy (non-hydrogen) atoms. The van der Waals surface area contributed by atoms with Crippen molar-refractivity contribution in [2.24, 2.45) is 0 Å². The number of phosphoric acid groups is 1. The first-order valence-electron chi connectivity index (χ1n) is 1.13. The first-order valence-corrected chi connectivity index (χ1v) is 3.39. The van der Waals surface area contributed by atoms with Gasteiger partial charge in [-0.1, -0.05) is 0 Å². The quantitative estimate of drug-likeness (QED) is 0.435. The van der Waals surface area contributed by atoms with E-state index in [-0.39, 0.29) is 29.6 Å². The number of hydrogen-bond donors (Lipinski definition) is 2. The van der Waals surface area contributed by atoms with Crippen LogP contribution in [-0.2, 0) is 13.4 Å². The molecule has 0 saturated heterocycles. The SMILES string of the molecule is O=POP(=O)(O)O.[NaH]. The first-order chi connectivity index (χ1) is 3.06. The third-order valence-electron chi connectivity index (χ3n) is 0.140. The molecule has 2 N–H and O–H groups in total. The van der Waals surface area contributed by atoms with Crippen LogP contribution in [0, 0.1) is 0 Å². The molecule has 0 heterocycles. The Morgan fingerprint density at radius 1 is 1.50 bits per heavy atom. The molecule has 0 aliphatic heterocycles. The van der Waals surface area contributed by atoms with Crippen molar-refractivity contribution in [2.45, 2.75) is 0 Å². The molecular weight excluding hydrogens is 165 g/mol. The Morgan fingerprint density at radius 2 is 1.88 bits per heavy atom. The molecule has 0 aliphatic rings. The van der Waals surface area contributed by atoms with E-state index in [4.69, 9.17) is 9.79 Å². The van der Waals surface area contributed by atoms with Gasteiger partial charge >= 0.3 is 46.1 Å². The molecule has 8 heteroatoms. The van der Waals surface area contributed by atoms with Crippen molar-refractivity contribution in [3.63, 3.8) is 0 Å². The van der Waals surface area contributed by atoms with E-state index in [1.165, 1.54) is 0 Å². The van der Waals surface area contributed by atoms with Crippen molar-refractivity contribution in [3.05, 3.63) is 0 Å². The zero-order valence-corrected chi connectivity index (χ0v) is 4.80. The minimum atomic E-state index is -4.49. The first kappa shape index (κ1) is 11.9. The molecule has 0 bridgehead atoms. The fourth-order valence-electron chi connectivity index (χ4n) is 0.0434. The van der Waals surface area contributed by atoms with E-state index < -0.39 is 16.5 Å². The van der Waals surface area contributed by atoms with Gasteiger partial charge in [-0.2, -0.15) is 4.31 Å². The molecule has 5 nitrogen and oxygen atoms in total. The zero-order chi connectivity index (χ0) is 5.91. The summed E-state index contributed by atoms with van der Waals surface area (Å²) in [5.74, 6) is 0. The van der Waals surface area contributed by atoms with Crippen LogP contribution in [-0.4, -0.2) is 39.3 Å². The van der Waals surface area contributed by atoms with Crippen molar-refractivity contribution in [3.8, 4) is 0 Å².